The van der Waals surface area contributed by atoms with E-state index in [-0.39, 0.29) is 0 Å². The number of aryl methyl sites for hydroxylation is 1. The summed E-state index contributed by atoms with van der Waals surface area (Å²) in [4.78, 5) is 11.6. The van der Waals surface area contributed by atoms with Crippen LogP contribution in [0.4, 0.5) is 5.82 Å². The Morgan fingerprint density at radius 1 is 1.19 bits per heavy atom. The molecule has 4 heterocycles. The van der Waals surface area contributed by atoms with Crippen LogP contribution in [-0.2, 0) is 6.61 Å². The molecule has 0 aliphatic carbocycles. The Labute approximate surface area is 194 Å². The van der Waals surface area contributed by atoms with Crippen LogP contribution < -0.4 is 9.64 Å². The van der Waals surface area contributed by atoms with Crippen molar-refractivity contribution in [2.24, 2.45) is 0 Å². The van der Waals surface area contributed by atoms with E-state index >= 15 is 0 Å². The van der Waals surface area contributed by atoms with E-state index in [9.17, 15) is 0 Å². The molecule has 1 aromatic carbocycles. The standard InChI is InChI=1S/C22H22ClN7OS/c1-15-10-20(23)21(24-11-15)29-8-6-16(7-9-29)22-26-17(13-32-22)12-31-19-4-2-18(3-5-19)30-14-25-27-28-30/h2-5,10-11,13-14,16H,6-9,12H2,1H3. The van der Waals surface area contributed by atoms with Gasteiger partial charge in [-0.1, -0.05) is 11.6 Å². The zero-order valence-electron chi connectivity index (χ0n) is 17.6. The van der Waals surface area contributed by atoms with Gasteiger partial charge in [0.25, 0.3) is 0 Å². The van der Waals surface area contributed by atoms with Crippen molar-refractivity contribution in [3.8, 4) is 11.4 Å². The van der Waals surface area contributed by atoms with E-state index in [2.05, 4.69) is 30.8 Å². The highest BCUT2D eigenvalue weighted by atomic mass is 35.5. The van der Waals surface area contributed by atoms with Crippen molar-refractivity contribution in [3.05, 3.63) is 69.5 Å². The van der Waals surface area contributed by atoms with E-state index in [1.165, 1.54) is 5.01 Å². The quantitative estimate of drug-likeness (QED) is 0.414. The summed E-state index contributed by atoms with van der Waals surface area (Å²) in [6.45, 7) is 4.31. The summed E-state index contributed by atoms with van der Waals surface area (Å²) in [5, 5.41) is 15.2. The van der Waals surface area contributed by atoms with Crippen molar-refractivity contribution in [1.29, 1.82) is 0 Å². The number of aromatic nitrogens is 6. The van der Waals surface area contributed by atoms with Gasteiger partial charge in [0, 0.05) is 30.6 Å². The maximum absolute atomic E-state index is 6.40. The highest BCUT2D eigenvalue weighted by Crippen LogP contribution is 2.34. The van der Waals surface area contributed by atoms with Crippen molar-refractivity contribution in [2.45, 2.75) is 32.3 Å². The second-order valence-electron chi connectivity index (χ2n) is 7.79. The fraction of sp³-hybridized carbons (Fsp3) is 0.318. The van der Waals surface area contributed by atoms with Gasteiger partial charge in [-0.05, 0) is 66.1 Å². The van der Waals surface area contributed by atoms with Crippen LogP contribution in [0.5, 0.6) is 5.75 Å². The first-order valence-corrected chi connectivity index (χ1v) is 11.7. The van der Waals surface area contributed by atoms with Crippen molar-refractivity contribution in [1.82, 2.24) is 30.2 Å². The molecule has 164 valence electrons. The average molecular weight is 468 g/mol. The lowest BCUT2D eigenvalue weighted by molar-refractivity contribution is 0.301. The number of nitrogens with zero attached hydrogens (tertiary/aromatic N) is 7. The number of piperidine rings is 1. The molecule has 0 amide bonds. The Bertz CT molecular complexity index is 1170. The minimum Gasteiger partial charge on any atom is -0.487 e. The number of hydrogen-bond acceptors (Lipinski definition) is 8. The summed E-state index contributed by atoms with van der Waals surface area (Å²) in [5.74, 6) is 2.13. The number of hydrogen-bond donors (Lipinski definition) is 0. The van der Waals surface area contributed by atoms with Crippen molar-refractivity contribution in [2.75, 3.05) is 18.0 Å². The first kappa shape index (κ1) is 20.8. The molecule has 0 radical (unpaired) electrons. The van der Waals surface area contributed by atoms with Gasteiger partial charge in [0.2, 0.25) is 0 Å². The molecule has 0 N–H and O–H groups in total. The van der Waals surface area contributed by atoms with Crippen LogP contribution in [0.3, 0.4) is 0 Å². The minimum atomic E-state index is 0.447. The molecular weight excluding hydrogens is 446 g/mol. The monoisotopic (exact) mass is 467 g/mol. The third-order valence-electron chi connectivity index (χ3n) is 5.51. The molecule has 0 unspecified atom stereocenters. The molecule has 1 saturated heterocycles. The summed E-state index contributed by atoms with van der Waals surface area (Å²) < 4.78 is 7.52. The lowest BCUT2D eigenvalue weighted by Gasteiger charge is -2.32. The van der Waals surface area contributed by atoms with Gasteiger partial charge in [-0.3, -0.25) is 0 Å². The zero-order valence-corrected chi connectivity index (χ0v) is 19.1. The van der Waals surface area contributed by atoms with Gasteiger partial charge < -0.3 is 9.64 Å². The molecular formula is C22H22ClN7OS. The molecule has 1 aliphatic heterocycles. The van der Waals surface area contributed by atoms with E-state index in [4.69, 9.17) is 21.3 Å². The topological polar surface area (TPSA) is 81.9 Å². The second kappa shape index (κ2) is 9.22. The highest BCUT2D eigenvalue weighted by Gasteiger charge is 2.25. The average Bonchev–Trinajstić information content (AvgIpc) is 3.51. The summed E-state index contributed by atoms with van der Waals surface area (Å²) in [5.41, 5.74) is 2.92. The second-order valence-corrected chi connectivity index (χ2v) is 9.09. The van der Waals surface area contributed by atoms with Gasteiger partial charge in [-0.25, -0.2) is 14.6 Å². The number of benzene rings is 1. The number of tetrazole rings is 1. The van der Waals surface area contributed by atoms with Gasteiger partial charge >= 0.3 is 0 Å². The van der Waals surface area contributed by atoms with Gasteiger partial charge in [0.05, 0.1) is 21.4 Å². The Hall–Kier alpha value is -3.04. The predicted octanol–water partition coefficient (Wildman–Crippen LogP) is 4.44. The molecule has 8 nitrogen and oxygen atoms in total. The predicted molar refractivity (Wildman–Crippen MR) is 124 cm³/mol. The lowest BCUT2D eigenvalue weighted by Crippen LogP contribution is -2.33. The Kier molecular flexibility index (Phi) is 6.00. The molecule has 1 aliphatic rings. The third-order valence-corrected chi connectivity index (χ3v) is 6.84. The van der Waals surface area contributed by atoms with Crippen molar-refractivity contribution < 1.29 is 4.74 Å². The molecule has 5 rings (SSSR count). The van der Waals surface area contributed by atoms with Crippen molar-refractivity contribution in [3.63, 3.8) is 0 Å². The fourth-order valence-corrected chi connectivity index (χ4v) is 5.12. The van der Waals surface area contributed by atoms with Crippen LogP contribution in [0.25, 0.3) is 5.69 Å². The largest absolute Gasteiger partial charge is 0.487 e. The molecule has 0 atom stereocenters. The van der Waals surface area contributed by atoms with Crippen LogP contribution in [0.1, 0.15) is 35.0 Å². The molecule has 32 heavy (non-hydrogen) atoms. The van der Waals surface area contributed by atoms with Gasteiger partial charge in [-0.15, -0.1) is 16.4 Å². The van der Waals surface area contributed by atoms with Crippen LogP contribution in [0, 0.1) is 6.92 Å². The maximum Gasteiger partial charge on any atom is 0.147 e. The van der Waals surface area contributed by atoms with Gasteiger partial charge in [0.1, 0.15) is 24.5 Å². The van der Waals surface area contributed by atoms with Gasteiger partial charge in [0.15, 0.2) is 0 Å². The highest BCUT2D eigenvalue weighted by molar-refractivity contribution is 7.09. The van der Waals surface area contributed by atoms with Crippen LogP contribution in [0.15, 0.2) is 48.2 Å². The van der Waals surface area contributed by atoms with Gasteiger partial charge in [-0.2, -0.15) is 0 Å². The first-order valence-electron chi connectivity index (χ1n) is 10.4. The van der Waals surface area contributed by atoms with E-state index in [0.717, 1.165) is 59.5 Å². The van der Waals surface area contributed by atoms with E-state index in [0.29, 0.717) is 12.5 Å². The number of pyridine rings is 1. The molecule has 0 saturated carbocycles. The Balaban J connectivity index is 1.15. The van der Waals surface area contributed by atoms with Crippen LogP contribution >= 0.6 is 22.9 Å². The molecule has 3 aromatic heterocycles. The zero-order chi connectivity index (χ0) is 21.9. The molecule has 0 bridgehead atoms. The number of halogens is 1. The van der Waals surface area contributed by atoms with E-state index < -0.39 is 0 Å². The van der Waals surface area contributed by atoms with Crippen molar-refractivity contribution >= 4 is 28.8 Å². The van der Waals surface area contributed by atoms with Crippen LogP contribution in [0.2, 0.25) is 5.02 Å². The Morgan fingerprint density at radius 3 is 2.72 bits per heavy atom. The summed E-state index contributed by atoms with van der Waals surface area (Å²) in [7, 11) is 0. The summed E-state index contributed by atoms with van der Waals surface area (Å²) >= 11 is 8.12. The van der Waals surface area contributed by atoms with E-state index in [1.54, 1.807) is 22.3 Å². The Morgan fingerprint density at radius 2 is 2.00 bits per heavy atom. The fourth-order valence-electron chi connectivity index (χ4n) is 3.81. The molecule has 10 heteroatoms. The normalized spacial score (nSPS) is 14.6. The minimum absolute atomic E-state index is 0.447. The number of anilines is 1. The number of ether oxygens (including phenoxy) is 1. The number of rotatable bonds is 6. The third kappa shape index (κ3) is 4.58. The molecule has 1 fully saturated rings. The summed E-state index contributed by atoms with van der Waals surface area (Å²) in [6.07, 6.45) is 5.51. The molecule has 4 aromatic rings. The lowest BCUT2D eigenvalue weighted by atomic mass is 9.97. The molecule has 0 spiro atoms. The first-order chi connectivity index (χ1) is 15.7. The van der Waals surface area contributed by atoms with Crippen LogP contribution in [-0.4, -0.2) is 43.3 Å². The SMILES string of the molecule is Cc1cnc(N2CCC(c3nc(COc4ccc(-n5cnnn5)cc4)cs3)CC2)c(Cl)c1. The number of thiazole rings is 1. The summed E-state index contributed by atoms with van der Waals surface area (Å²) in [6, 6.07) is 9.62. The maximum atomic E-state index is 6.40. The van der Waals surface area contributed by atoms with E-state index in [1.807, 2.05) is 43.5 Å². The smallest absolute Gasteiger partial charge is 0.147 e.